The molecule has 4 nitrogen and oxygen atoms in total. The van der Waals surface area contributed by atoms with Gasteiger partial charge in [0.05, 0.1) is 18.1 Å². The van der Waals surface area contributed by atoms with Crippen LogP contribution in [0.15, 0.2) is 0 Å². The molecule has 0 aromatic rings. The quantitative estimate of drug-likeness (QED) is 0.681. The average molecular weight is 345 g/mol. The third-order valence-corrected chi connectivity index (χ3v) is 10.1. The summed E-state index contributed by atoms with van der Waals surface area (Å²) in [5.41, 5.74) is 0. The number of hydrogen-bond donors (Lipinski definition) is 1. The van der Waals surface area contributed by atoms with E-state index in [4.69, 9.17) is 14.3 Å². The van der Waals surface area contributed by atoms with Crippen molar-refractivity contribution in [2.24, 2.45) is 11.8 Å². The summed E-state index contributed by atoms with van der Waals surface area (Å²) >= 11 is 0. The van der Waals surface area contributed by atoms with E-state index in [2.05, 4.69) is 47.7 Å². The van der Waals surface area contributed by atoms with Crippen molar-refractivity contribution in [2.75, 3.05) is 0 Å². The number of carboxylic acids is 1. The molecular weight excluding hydrogens is 308 g/mol. The molecule has 1 aliphatic rings. The van der Waals surface area contributed by atoms with E-state index in [0.717, 1.165) is 19.3 Å². The number of carboxylic acid groups (broad SMARTS) is 1. The summed E-state index contributed by atoms with van der Waals surface area (Å²) in [6.45, 7) is 17.5. The highest BCUT2D eigenvalue weighted by Crippen LogP contribution is 2.39. The first-order valence-corrected chi connectivity index (χ1v) is 11.8. The number of aliphatic carboxylic acids is 1. The Bertz CT molecular complexity index is 400. The first-order valence-electron chi connectivity index (χ1n) is 8.91. The molecular formula is C18H36O4Si. The average Bonchev–Trinajstić information content (AvgIpc) is 2.83. The fourth-order valence-electron chi connectivity index (χ4n) is 2.70. The van der Waals surface area contributed by atoms with Gasteiger partial charge in [0.2, 0.25) is 0 Å². The minimum atomic E-state index is -1.81. The van der Waals surface area contributed by atoms with Crippen LogP contribution >= 0.6 is 0 Å². The molecule has 1 N–H and O–H groups in total. The van der Waals surface area contributed by atoms with E-state index in [9.17, 15) is 4.79 Å². The molecule has 136 valence electrons. The first-order chi connectivity index (χ1) is 10.3. The number of ether oxygens (including phenoxy) is 1. The summed E-state index contributed by atoms with van der Waals surface area (Å²) in [7, 11) is -1.81. The van der Waals surface area contributed by atoms with Crippen LogP contribution in [0.1, 0.15) is 60.8 Å². The fourth-order valence-corrected chi connectivity index (χ4v) is 4.18. The topological polar surface area (TPSA) is 55.8 Å². The van der Waals surface area contributed by atoms with Gasteiger partial charge in [0.15, 0.2) is 8.32 Å². The van der Waals surface area contributed by atoms with Gasteiger partial charge < -0.3 is 14.3 Å². The van der Waals surface area contributed by atoms with E-state index in [1.54, 1.807) is 6.92 Å². The summed E-state index contributed by atoms with van der Waals surface area (Å²) < 4.78 is 12.6. The predicted molar refractivity (Wildman–Crippen MR) is 96.2 cm³/mol. The summed E-state index contributed by atoms with van der Waals surface area (Å²) in [5.74, 6) is -0.768. The van der Waals surface area contributed by atoms with Gasteiger partial charge in [0.25, 0.3) is 0 Å². The second-order valence-corrected chi connectivity index (χ2v) is 13.7. The SMILES string of the molecule is CC(C)[C@@H](C[C@@H]1CC[C@H]([C@@H](C)C(=O)O)O1)O[Si](C)(C)C(C)(C)C. The Kier molecular flexibility index (Phi) is 6.88. The molecule has 1 aliphatic heterocycles. The smallest absolute Gasteiger partial charge is 0.308 e. The van der Waals surface area contributed by atoms with Gasteiger partial charge in [0.1, 0.15) is 0 Å². The maximum atomic E-state index is 11.1. The van der Waals surface area contributed by atoms with E-state index in [-0.39, 0.29) is 23.4 Å². The van der Waals surface area contributed by atoms with Crippen LogP contribution in [0.2, 0.25) is 18.1 Å². The molecule has 0 radical (unpaired) electrons. The lowest BCUT2D eigenvalue weighted by atomic mass is 9.98. The van der Waals surface area contributed by atoms with Crippen LogP contribution in [0, 0.1) is 11.8 Å². The molecule has 1 fully saturated rings. The Balaban J connectivity index is 2.67. The third kappa shape index (κ3) is 5.57. The molecule has 0 amide bonds. The first kappa shape index (κ1) is 20.7. The lowest BCUT2D eigenvalue weighted by molar-refractivity contribution is -0.146. The van der Waals surface area contributed by atoms with Crippen LogP contribution in [0.4, 0.5) is 0 Å². The lowest BCUT2D eigenvalue weighted by Crippen LogP contribution is -2.46. The van der Waals surface area contributed by atoms with Crippen LogP contribution in [0.5, 0.6) is 0 Å². The van der Waals surface area contributed by atoms with Crippen molar-refractivity contribution in [1.29, 1.82) is 0 Å². The molecule has 1 saturated heterocycles. The largest absolute Gasteiger partial charge is 0.481 e. The fraction of sp³-hybridized carbons (Fsp3) is 0.944. The highest BCUT2D eigenvalue weighted by molar-refractivity contribution is 6.74. The third-order valence-electron chi connectivity index (χ3n) is 5.58. The van der Waals surface area contributed by atoms with Crippen molar-refractivity contribution < 1.29 is 19.1 Å². The molecule has 4 atom stereocenters. The summed E-state index contributed by atoms with van der Waals surface area (Å²) in [6.07, 6.45) is 2.79. The molecule has 0 aliphatic carbocycles. The maximum absolute atomic E-state index is 11.1. The Morgan fingerprint density at radius 2 is 1.83 bits per heavy atom. The van der Waals surface area contributed by atoms with Crippen molar-refractivity contribution in [3.63, 3.8) is 0 Å². The van der Waals surface area contributed by atoms with Gasteiger partial charge in [-0.2, -0.15) is 0 Å². The molecule has 0 unspecified atom stereocenters. The van der Waals surface area contributed by atoms with Crippen LogP contribution in [0.3, 0.4) is 0 Å². The van der Waals surface area contributed by atoms with Crippen molar-refractivity contribution in [2.45, 2.75) is 97.2 Å². The van der Waals surface area contributed by atoms with Gasteiger partial charge in [-0.15, -0.1) is 0 Å². The summed E-state index contributed by atoms with van der Waals surface area (Å²) in [4.78, 5) is 11.1. The normalized spacial score (nSPS) is 25.6. The molecule has 0 saturated carbocycles. The van der Waals surface area contributed by atoms with Gasteiger partial charge in [-0.25, -0.2) is 0 Å². The second kappa shape index (κ2) is 7.66. The monoisotopic (exact) mass is 344 g/mol. The zero-order valence-electron chi connectivity index (χ0n) is 16.2. The molecule has 1 heterocycles. The standard InChI is InChI=1S/C18H36O4Si/c1-12(2)16(22-23(7,8)18(4,5)6)11-14-9-10-15(21-14)13(3)17(19)20/h12-16H,9-11H2,1-8H3,(H,19,20)/t13-,14+,15-,16-/m1/s1. The highest BCUT2D eigenvalue weighted by Gasteiger charge is 2.41. The van der Waals surface area contributed by atoms with Gasteiger partial charge in [-0.3, -0.25) is 4.79 Å². The Morgan fingerprint density at radius 1 is 1.26 bits per heavy atom. The van der Waals surface area contributed by atoms with E-state index in [0.29, 0.717) is 5.92 Å². The minimum absolute atomic E-state index is 0.124. The van der Waals surface area contributed by atoms with Gasteiger partial charge in [-0.1, -0.05) is 34.6 Å². The number of carbonyl (C=O) groups is 1. The van der Waals surface area contributed by atoms with Gasteiger partial charge in [0, 0.05) is 6.10 Å². The maximum Gasteiger partial charge on any atom is 0.308 e. The Hall–Kier alpha value is -0.393. The van der Waals surface area contributed by atoms with Crippen molar-refractivity contribution in [3.05, 3.63) is 0 Å². The van der Waals surface area contributed by atoms with Gasteiger partial charge >= 0.3 is 5.97 Å². The molecule has 23 heavy (non-hydrogen) atoms. The Labute approximate surface area is 143 Å². The molecule has 1 rings (SSSR count). The van der Waals surface area contributed by atoms with Crippen molar-refractivity contribution >= 4 is 14.3 Å². The lowest BCUT2D eigenvalue weighted by Gasteiger charge is -2.41. The summed E-state index contributed by atoms with van der Waals surface area (Å²) in [5, 5.41) is 9.33. The summed E-state index contributed by atoms with van der Waals surface area (Å²) in [6, 6.07) is 0. The second-order valence-electron chi connectivity index (χ2n) is 8.90. The molecule has 0 bridgehead atoms. The van der Waals surface area contributed by atoms with Crippen LogP contribution in [0.25, 0.3) is 0 Å². The molecule has 0 aromatic carbocycles. The Morgan fingerprint density at radius 3 is 2.26 bits per heavy atom. The number of rotatable bonds is 7. The zero-order chi connectivity index (χ0) is 18.0. The minimum Gasteiger partial charge on any atom is -0.481 e. The van der Waals surface area contributed by atoms with E-state index < -0.39 is 20.2 Å². The highest BCUT2D eigenvalue weighted by atomic mass is 28.4. The predicted octanol–water partition coefficient (Wildman–Crippen LogP) is 4.69. The molecule has 0 spiro atoms. The van der Waals surface area contributed by atoms with Crippen molar-refractivity contribution in [3.8, 4) is 0 Å². The number of hydrogen-bond acceptors (Lipinski definition) is 3. The van der Waals surface area contributed by atoms with Crippen molar-refractivity contribution in [1.82, 2.24) is 0 Å². The van der Waals surface area contributed by atoms with Gasteiger partial charge in [-0.05, 0) is 50.2 Å². The van der Waals surface area contributed by atoms with E-state index in [1.807, 2.05) is 0 Å². The zero-order valence-corrected chi connectivity index (χ0v) is 17.2. The van der Waals surface area contributed by atoms with Crippen LogP contribution in [-0.2, 0) is 14.0 Å². The van der Waals surface area contributed by atoms with Crippen LogP contribution in [-0.4, -0.2) is 37.7 Å². The molecule has 5 heteroatoms. The van der Waals surface area contributed by atoms with E-state index in [1.165, 1.54) is 0 Å². The molecule has 0 aromatic heterocycles. The van der Waals surface area contributed by atoms with Crippen LogP contribution < -0.4 is 0 Å². The van der Waals surface area contributed by atoms with E-state index >= 15 is 0 Å².